The van der Waals surface area contributed by atoms with Gasteiger partial charge in [0.05, 0.1) is 30.9 Å². The van der Waals surface area contributed by atoms with Gasteiger partial charge in [0.25, 0.3) is 5.91 Å². The first-order valence-electron chi connectivity index (χ1n) is 8.99. The third-order valence-electron chi connectivity index (χ3n) is 4.44. The van der Waals surface area contributed by atoms with E-state index in [0.29, 0.717) is 36.7 Å². The van der Waals surface area contributed by atoms with E-state index in [1.165, 1.54) is 6.33 Å². The number of hydrogen-bond acceptors (Lipinski definition) is 6. The number of furan rings is 1. The van der Waals surface area contributed by atoms with Crippen molar-refractivity contribution < 1.29 is 9.21 Å². The Morgan fingerprint density at radius 2 is 2.07 bits per heavy atom. The number of nitrogens with one attached hydrogen (secondary N) is 2. The molecule has 0 saturated carbocycles. The molecule has 0 unspecified atom stereocenters. The summed E-state index contributed by atoms with van der Waals surface area (Å²) < 4.78 is 7.08. The van der Waals surface area contributed by atoms with Crippen LogP contribution in [-0.2, 0) is 13.1 Å². The van der Waals surface area contributed by atoms with Crippen LogP contribution in [0.3, 0.4) is 0 Å². The van der Waals surface area contributed by atoms with Crippen LogP contribution in [0.5, 0.6) is 0 Å². The van der Waals surface area contributed by atoms with Gasteiger partial charge in [-0.25, -0.2) is 14.6 Å². The summed E-state index contributed by atoms with van der Waals surface area (Å²) in [7, 11) is 0. The first-order valence-corrected chi connectivity index (χ1v) is 8.99. The number of anilines is 1. The molecular formula is C20H20N6O2. The van der Waals surface area contributed by atoms with Crippen molar-refractivity contribution in [2.75, 3.05) is 11.9 Å². The second-order valence-electron chi connectivity index (χ2n) is 6.33. The molecule has 8 nitrogen and oxygen atoms in total. The minimum atomic E-state index is -0.0926. The number of nitrogens with zero attached hydrogens (tertiary/aromatic N) is 4. The van der Waals surface area contributed by atoms with Crippen LogP contribution in [0.4, 0.5) is 5.82 Å². The zero-order chi connectivity index (χ0) is 19.3. The Labute approximate surface area is 161 Å². The first kappa shape index (κ1) is 17.7. The van der Waals surface area contributed by atoms with Crippen LogP contribution in [-0.4, -0.2) is 32.2 Å². The van der Waals surface area contributed by atoms with Crippen LogP contribution in [0.25, 0.3) is 11.0 Å². The van der Waals surface area contributed by atoms with Gasteiger partial charge < -0.3 is 15.1 Å². The van der Waals surface area contributed by atoms with Crippen LogP contribution >= 0.6 is 0 Å². The SMILES string of the molecule is Cc1ccccc1C(=O)NCCn1ncc2c(NCc3ccco3)ncnc21. The molecule has 0 aliphatic rings. The van der Waals surface area contributed by atoms with E-state index in [2.05, 4.69) is 25.7 Å². The van der Waals surface area contributed by atoms with Gasteiger partial charge in [-0.2, -0.15) is 5.10 Å². The predicted octanol–water partition coefficient (Wildman–Crippen LogP) is 2.77. The molecule has 0 radical (unpaired) electrons. The Balaban J connectivity index is 1.41. The minimum absolute atomic E-state index is 0.0926. The van der Waals surface area contributed by atoms with Gasteiger partial charge in [0.2, 0.25) is 0 Å². The van der Waals surface area contributed by atoms with E-state index in [9.17, 15) is 4.79 Å². The second kappa shape index (κ2) is 7.91. The summed E-state index contributed by atoms with van der Waals surface area (Å²) in [5.41, 5.74) is 2.34. The largest absolute Gasteiger partial charge is 0.467 e. The van der Waals surface area contributed by atoms with Gasteiger partial charge >= 0.3 is 0 Å². The van der Waals surface area contributed by atoms with Gasteiger partial charge in [0.15, 0.2) is 5.65 Å². The van der Waals surface area contributed by atoms with Crippen molar-refractivity contribution in [3.8, 4) is 0 Å². The monoisotopic (exact) mass is 376 g/mol. The number of carbonyl (C=O) groups excluding carboxylic acids is 1. The molecule has 4 rings (SSSR count). The van der Waals surface area contributed by atoms with Crippen molar-refractivity contribution in [1.82, 2.24) is 25.1 Å². The van der Waals surface area contributed by atoms with Crippen molar-refractivity contribution in [2.45, 2.75) is 20.0 Å². The van der Waals surface area contributed by atoms with Gasteiger partial charge in [-0.3, -0.25) is 4.79 Å². The second-order valence-corrected chi connectivity index (χ2v) is 6.33. The lowest BCUT2D eigenvalue weighted by Crippen LogP contribution is -2.28. The highest BCUT2D eigenvalue weighted by Crippen LogP contribution is 2.19. The molecule has 0 fully saturated rings. The summed E-state index contributed by atoms with van der Waals surface area (Å²) in [5.74, 6) is 1.42. The van der Waals surface area contributed by atoms with Crippen LogP contribution in [0.1, 0.15) is 21.7 Å². The van der Waals surface area contributed by atoms with E-state index in [0.717, 1.165) is 16.7 Å². The molecule has 0 atom stereocenters. The Bertz CT molecular complexity index is 1090. The highest BCUT2D eigenvalue weighted by molar-refractivity contribution is 5.95. The quantitative estimate of drug-likeness (QED) is 0.515. The third kappa shape index (κ3) is 3.71. The van der Waals surface area contributed by atoms with Crippen molar-refractivity contribution in [2.24, 2.45) is 0 Å². The van der Waals surface area contributed by atoms with Crippen LogP contribution in [0.15, 0.2) is 59.6 Å². The van der Waals surface area contributed by atoms with E-state index in [-0.39, 0.29) is 5.91 Å². The van der Waals surface area contributed by atoms with E-state index < -0.39 is 0 Å². The third-order valence-corrected chi connectivity index (χ3v) is 4.44. The fourth-order valence-electron chi connectivity index (χ4n) is 2.98. The summed E-state index contributed by atoms with van der Waals surface area (Å²) in [6, 6.07) is 11.3. The Kier molecular flexibility index (Phi) is 5.01. The predicted molar refractivity (Wildman–Crippen MR) is 105 cm³/mol. The summed E-state index contributed by atoms with van der Waals surface area (Å²) in [6.07, 6.45) is 4.86. The Morgan fingerprint density at radius 3 is 2.89 bits per heavy atom. The molecule has 0 aliphatic heterocycles. The molecule has 0 spiro atoms. The highest BCUT2D eigenvalue weighted by Gasteiger charge is 2.11. The van der Waals surface area contributed by atoms with Gasteiger partial charge in [-0.15, -0.1) is 0 Å². The lowest BCUT2D eigenvalue weighted by atomic mass is 10.1. The van der Waals surface area contributed by atoms with Crippen molar-refractivity contribution in [3.05, 3.63) is 72.1 Å². The maximum atomic E-state index is 12.3. The summed E-state index contributed by atoms with van der Waals surface area (Å²) in [4.78, 5) is 20.9. The topological polar surface area (TPSA) is 97.9 Å². The van der Waals surface area contributed by atoms with Crippen molar-refractivity contribution in [1.29, 1.82) is 0 Å². The van der Waals surface area contributed by atoms with E-state index in [1.54, 1.807) is 17.1 Å². The first-order chi connectivity index (χ1) is 13.7. The number of aryl methyl sites for hydroxylation is 1. The molecule has 4 aromatic rings. The number of amides is 1. The van der Waals surface area contributed by atoms with Gasteiger partial charge in [0.1, 0.15) is 17.9 Å². The molecule has 8 heteroatoms. The molecular weight excluding hydrogens is 356 g/mol. The molecule has 1 aromatic carbocycles. The van der Waals surface area contributed by atoms with Crippen LogP contribution in [0.2, 0.25) is 0 Å². The molecule has 3 aromatic heterocycles. The normalized spacial score (nSPS) is 10.9. The van der Waals surface area contributed by atoms with E-state index in [1.807, 2.05) is 43.3 Å². The molecule has 0 saturated heterocycles. The number of fused-ring (bicyclic) bond motifs is 1. The minimum Gasteiger partial charge on any atom is -0.467 e. The van der Waals surface area contributed by atoms with E-state index >= 15 is 0 Å². The number of benzene rings is 1. The molecule has 0 bridgehead atoms. The van der Waals surface area contributed by atoms with Crippen LogP contribution in [0, 0.1) is 6.92 Å². The van der Waals surface area contributed by atoms with Crippen LogP contribution < -0.4 is 10.6 Å². The van der Waals surface area contributed by atoms with E-state index in [4.69, 9.17) is 4.42 Å². The Morgan fingerprint density at radius 1 is 1.18 bits per heavy atom. The summed E-state index contributed by atoms with van der Waals surface area (Å²) in [6.45, 7) is 3.40. The number of aromatic nitrogens is 4. The number of hydrogen-bond donors (Lipinski definition) is 2. The average molecular weight is 376 g/mol. The zero-order valence-corrected chi connectivity index (χ0v) is 15.4. The fourth-order valence-corrected chi connectivity index (χ4v) is 2.98. The number of rotatable bonds is 7. The Hall–Kier alpha value is -3.68. The summed E-state index contributed by atoms with van der Waals surface area (Å²) in [5, 5.41) is 11.4. The molecule has 0 aliphatic carbocycles. The fraction of sp³-hybridized carbons (Fsp3) is 0.200. The molecule has 1 amide bonds. The van der Waals surface area contributed by atoms with Gasteiger partial charge in [-0.1, -0.05) is 18.2 Å². The zero-order valence-electron chi connectivity index (χ0n) is 15.4. The van der Waals surface area contributed by atoms with Crippen molar-refractivity contribution in [3.63, 3.8) is 0 Å². The standard InChI is InChI=1S/C20H20N6O2/c1-14-5-2-3-7-16(14)20(27)21-8-9-26-19-17(12-25-26)18(23-13-24-19)22-11-15-6-4-10-28-15/h2-7,10,12-13H,8-9,11H2,1H3,(H,21,27)(H,22,23,24). The molecule has 142 valence electrons. The van der Waals surface area contributed by atoms with Gasteiger partial charge in [-0.05, 0) is 30.7 Å². The van der Waals surface area contributed by atoms with Gasteiger partial charge in [0, 0.05) is 12.1 Å². The maximum Gasteiger partial charge on any atom is 0.251 e. The molecule has 3 heterocycles. The maximum absolute atomic E-state index is 12.3. The average Bonchev–Trinajstić information content (AvgIpc) is 3.37. The smallest absolute Gasteiger partial charge is 0.251 e. The highest BCUT2D eigenvalue weighted by atomic mass is 16.3. The number of carbonyl (C=O) groups is 1. The lowest BCUT2D eigenvalue weighted by molar-refractivity contribution is 0.0951. The summed E-state index contributed by atoms with van der Waals surface area (Å²) >= 11 is 0. The molecule has 28 heavy (non-hydrogen) atoms. The van der Waals surface area contributed by atoms with Crippen molar-refractivity contribution >= 4 is 22.8 Å². The lowest BCUT2D eigenvalue weighted by Gasteiger charge is -2.08. The molecule has 2 N–H and O–H groups in total.